The van der Waals surface area contributed by atoms with Gasteiger partial charge in [0.1, 0.15) is 0 Å². The van der Waals surface area contributed by atoms with E-state index in [1.54, 1.807) is 25.3 Å². The summed E-state index contributed by atoms with van der Waals surface area (Å²) in [5.41, 5.74) is 1.59. The quantitative estimate of drug-likeness (QED) is 0.333. The number of hydrogen-bond donors (Lipinski definition) is 1. The molecule has 2 aromatic rings. The van der Waals surface area contributed by atoms with Crippen molar-refractivity contribution in [2.45, 2.75) is 58.4 Å². The van der Waals surface area contributed by atoms with E-state index >= 15 is 0 Å². The molecule has 0 saturated carbocycles. The molecule has 2 heterocycles. The predicted molar refractivity (Wildman–Crippen MR) is 122 cm³/mol. The average Bonchev–Trinajstić information content (AvgIpc) is 2.75. The van der Waals surface area contributed by atoms with E-state index in [9.17, 15) is 14.4 Å². The van der Waals surface area contributed by atoms with Crippen molar-refractivity contribution in [3.8, 4) is 0 Å². The summed E-state index contributed by atoms with van der Waals surface area (Å²) >= 11 is 6.04. The second-order valence-electron chi connectivity index (χ2n) is 7.75. The maximum absolute atomic E-state index is 11.8. The highest BCUT2D eigenvalue weighted by Crippen LogP contribution is 2.29. The van der Waals surface area contributed by atoms with Crippen molar-refractivity contribution in [3.05, 3.63) is 35.5 Å². The van der Waals surface area contributed by atoms with Gasteiger partial charge in [-0.2, -0.15) is 0 Å². The van der Waals surface area contributed by atoms with Crippen LogP contribution in [0.4, 0.5) is 5.69 Å². The van der Waals surface area contributed by atoms with E-state index in [1.165, 1.54) is 20.8 Å². The fourth-order valence-electron chi connectivity index (χ4n) is 3.74. The van der Waals surface area contributed by atoms with Crippen LogP contribution in [0, 0.1) is 0 Å². The molecule has 1 N–H and O–H groups in total. The number of nitrogens with one attached hydrogen (secondary N) is 1. The number of pyridine rings is 1. The standard InChI is InChI=1S/C23H27ClN2O8/c1-12-20(32-13(2)27)21(33-14(3)28)22(34-15(4)29)23(31-12)30-10-9-26-18-7-8-25-19-11-16(24)5-6-17(18)19/h5-8,11-12,20-23H,9-10H2,1-4H3,(H,25,26)/t12-,20+,21+,22-,23?/m0/s1. The molecule has 0 spiro atoms. The number of fused-ring (bicyclic) bond motifs is 1. The highest BCUT2D eigenvalue weighted by atomic mass is 35.5. The van der Waals surface area contributed by atoms with E-state index in [0.717, 1.165) is 16.6 Å². The first-order valence-corrected chi connectivity index (χ1v) is 11.1. The highest BCUT2D eigenvalue weighted by Gasteiger charge is 2.50. The van der Waals surface area contributed by atoms with E-state index in [-0.39, 0.29) is 6.61 Å². The van der Waals surface area contributed by atoms with Crippen LogP contribution < -0.4 is 5.32 Å². The molecular weight excluding hydrogens is 468 g/mol. The number of halogens is 1. The van der Waals surface area contributed by atoms with Crippen LogP contribution in [-0.2, 0) is 38.1 Å². The fraction of sp³-hybridized carbons (Fsp3) is 0.478. The Morgan fingerprint density at radius 1 is 1.00 bits per heavy atom. The van der Waals surface area contributed by atoms with Crippen molar-refractivity contribution in [2.75, 3.05) is 18.5 Å². The van der Waals surface area contributed by atoms with Gasteiger partial charge in [-0.25, -0.2) is 0 Å². The molecule has 1 aromatic carbocycles. The number of carbonyl (C=O) groups excluding carboxylic acids is 3. The molecule has 1 aliphatic heterocycles. The fourth-order valence-corrected chi connectivity index (χ4v) is 3.91. The third kappa shape index (κ3) is 6.55. The molecule has 1 aliphatic rings. The van der Waals surface area contributed by atoms with Crippen molar-refractivity contribution >= 4 is 46.1 Å². The van der Waals surface area contributed by atoms with Gasteiger partial charge in [0.05, 0.1) is 18.2 Å². The second kappa shape index (κ2) is 11.5. The molecule has 1 fully saturated rings. The van der Waals surface area contributed by atoms with Gasteiger partial charge in [-0.15, -0.1) is 0 Å². The molecule has 0 aliphatic carbocycles. The van der Waals surface area contributed by atoms with Crippen LogP contribution in [0.15, 0.2) is 30.5 Å². The topological polar surface area (TPSA) is 122 Å². The van der Waals surface area contributed by atoms with Crippen molar-refractivity contribution in [1.82, 2.24) is 4.98 Å². The molecule has 0 radical (unpaired) electrons. The molecular formula is C23H27ClN2O8. The Bertz CT molecular complexity index is 1050. The Morgan fingerprint density at radius 2 is 1.65 bits per heavy atom. The SMILES string of the molecule is CC(=O)O[C@@H]1[C@H](OC(C)=O)[C@H](C)OC(OCCNc2ccnc3cc(Cl)ccc23)[C@H]1OC(C)=O. The molecule has 0 amide bonds. The van der Waals surface area contributed by atoms with Gasteiger partial charge in [-0.05, 0) is 31.2 Å². The lowest BCUT2D eigenvalue weighted by molar-refractivity contribution is -0.300. The van der Waals surface area contributed by atoms with Gasteiger partial charge in [-0.1, -0.05) is 11.6 Å². The first kappa shape index (κ1) is 25.7. The van der Waals surface area contributed by atoms with Crippen LogP contribution in [0.3, 0.4) is 0 Å². The van der Waals surface area contributed by atoms with Crippen molar-refractivity contribution in [2.24, 2.45) is 0 Å². The summed E-state index contributed by atoms with van der Waals surface area (Å²) in [7, 11) is 0. The molecule has 0 bridgehead atoms. The molecule has 10 nitrogen and oxygen atoms in total. The summed E-state index contributed by atoms with van der Waals surface area (Å²) in [4.78, 5) is 39.4. The van der Waals surface area contributed by atoms with Crippen molar-refractivity contribution in [1.29, 1.82) is 0 Å². The number of rotatable bonds is 8. The van der Waals surface area contributed by atoms with E-state index in [1.807, 2.05) is 12.1 Å². The van der Waals surface area contributed by atoms with Crippen LogP contribution in [-0.4, -0.2) is 66.7 Å². The number of ether oxygens (including phenoxy) is 5. The average molecular weight is 495 g/mol. The summed E-state index contributed by atoms with van der Waals surface area (Å²) in [6.07, 6.45) is -3.27. The Morgan fingerprint density at radius 3 is 2.32 bits per heavy atom. The van der Waals surface area contributed by atoms with E-state index < -0.39 is 48.6 Å². The Balaban J connectivity index is 1.70. The third-order valence-electron chi connectivity index (χ3n) is 5.04. The van der Waals surface area contributed by atoms with Crippen LogP contribution >= 0.6 is 11.6 Å². The smallest absolute Gasteiger partial charge is 0.303 e. The van der Waals surface area contributed by atoms with Crippen LogP contribution in [0.5, 0.6) is 0 Å². The summed E-state index contributed by atoms with van der Waals surface area (Å²) in [6, 6.07) is 7.25. The number of hydrogen-bond acceptors (Lipinski definition) is 10. The minimum absolute atomic E-state index is 0.164. The highest BCUT2D eigenvalue weighted by molar-refractivity contribution is 6.31. The van der Waals surface area contributed by atoms with Gasteiger partial charge in [0.25, 0.3) is 0 Å². The van der Waals surface area contributed by atoms with Gasteiger partial charge < -0.3 is 29.0 Å². The molecule has 3 rings (SSSR count). The number of esters is 3. The number of nitrogens with zero attached hydrogens (tertiary/aromatic N) is 1. The van der Waals surface area contributed by atoms with Crippen molar-refractivity contribution < 1.29 is 38.1 Å². The van der Waals surface area contributed by atoms with Crippen molar-refractivity contribution in [3.63, 3.8) is 0 Å². The summed E-state index contributed by atoms with van der Waals surface area (Å²) in [6.45, 7) is 5.84. The zero-order valence-electron chi connectivity index (χ0n) is 19.3. The molecule has 5 atom stereocenters. The Labute approximate surface area is 201 Å². The summed E-state index contributed by atoms with van der Waals surface area (Å²) < 4.78 is 27.7. The Hall–Kier alpha value is -2.95. The van der Waals surface area contributed by atoms with E-state index in [2.05, 4.69) is 10.3 Å². The number of anilines is 1. The summed E-state index contributed by atoms with van der Waals surface area (Å²) in [5, 5.41) is 4.75. The second-order valence-corrected chi connectivity index (χ2v) is 8.19. The molecule has 1 saturated heterocycles. The Kier molecular flexibility index (Phi) is 8.65. The lowest BCUT2D eigenvalue weighted by Gasteiger charge is -2.43. The van der Waals surface area contributed by atoms with Gasteiger partial charge in [0.15, 0.2) is 24.6 Å². The number of benzene rings is 1. The minimum atomic E-state index is -1.13. The maximum atomic E-state index is 11.8. The van der Waals surface area contributed by atoms with Gasteiger partial charge in [0, 0.05) is 49.6 Å². The molecule has 184 valence electrons. The monoisotopic (exact) mass is 494 g/mol. The molecule has 1 unspecified atom stereocenters. The molecule has 1 aromatic heterocycles. The largest absolute Gasteiger partial charge is 0.456 e. The minimum Gasteiger partial charge on any atom is -0.456 e. The van der Waals surface area contributed by atoms with Gasteiger partial charge in [0.2, 0.25) is 0 Å². The van der Waals surface area contributed by atoms with Gasteiger partial charge >= 0.3 is 17.9 Å². The normalized spacial score (nSPS) is 24.3. The summed E-state index contributed by atoms with van der Waals surface area (Å²) in [5.74, 6) is -1.84. The zero-order valence-corrected chi connectivity index (χ0v) is 20.0. The van der Waals surface area contributed by atoms with Crippen LogP contribution in [0.25, 0.3) is 10.9 Å². The maximum Gasteiger partial charge on any atom is 0.303 e. The number of carbonyl (C=O) groups is 3. The molecule has 11 heteroatoms. The third-order valence-corrected chi connectivity index (χ3v) is 5.27. The van der Waals surface area contributed by atoms with Gasteiger partial charge in [-0.3, -0.25) is 19.4 Å². The van der Waals surface area contributed by atoms with Crippen LogP contribution in [0.2, 0.25) is 5.02 Å². The predicted octanol–water partition coefficient (Wildman–Crippen LogP) is 2.86. The first-order valence-electron chi connectivity index (χ1n) is 10.7. The molecule has 34 heavy (non-hydrogen) atoms. The van der Waals surface area contributed by atoms with Crippen LogP contribution in [0.1, 0.15) is 27.7 Å². The van der Waals surface area contributed by atoms with E-state index in [0.29, 0.717) is 11.6 Å². The first-order chi connectivity index (χ1) is 16.2. The number of aromatic nitrogens is 1. The lowest BCUT2D eigenvalue weighted by Crippen LogP contribution is -2.61. The van der Waals surface area contributed by atoms with E-state index in [4.69, 9.17) is 35.3 Å². The lowest BCUT2D eigenvalue weighted by atomic mass is 9.99. The zero-order chi connectivity index (χ0) is 24.8.